The van der Waals surface area contributed by atoms with Crippen LogP contribution in [0.15, 0.2) is 46.0 Å². The average Bonchev–Trinajstić information content (AvgIpc) is 2.44. The van der Waals surface area contributed by atoms with Crippen molar-refractivity contribution in [3.05, 3.63) is 62.8 Å². The lowest BCUT2D eigenvalue weighted by molar-refractivity contribution is 0.0952. The van der Waals surface area contributed by atoms with E-state index in [1.165, 1.54) is 30.3 Å². The van der Waals surface area contributed by atoms with E-state index in [-0.39, 0.29) is 21.9 Å². The molecule has 0 saturated carbocycles. The predicted molar refractivity (Wildman–Crippen MR) is 82.3 cm³/mol. The minimum atomic E-state index is -0.627. The molecule has 4 nitrogen and oxygen atoms in total. The molecule has 2 aromatic rings. The van der Waals surface area contributed by atoms with Crippen molar-refractivity contribution >= 4 is 39.7 Å². The maximum Gasteiger partial charge on any atom is 0.275 e. The van der Waals surface area contributed by atoms with Crippen molar-refractivity contribution < 1.29 is 14.3 Å². The maximum absolute atomic E-state index is 13.5. The number of rotatable bonds is 3. The average molecular weight is 372 g/mol. The summed E-state index contributed by atoms with van der Waals surface area (Å²) in [7, 11) is 0. The molecule has 0 atom stereocenters. The molecule has 0 fully saturated rings. The first-order chi connectivity index (χ1) is 9.99. The Balaban J connectivity index is 2.14. The van der Waals surface area contributed by atoms with Crippen LogP contribution in [0.1, 0.15) is 15.9 Å². The van der Waals surface area contributed by atoms with Gasteiger partial charge in [-0.25, -0.2) is 9.82 Å². The van der Waals surface area contributed by atoms with Crippen LogP contribution in [0.3, 0.4) is 0 Å². The Labute approximate surface area is 133 Å². The summed E-state index contributed by atoms with van der Waals surface area (Å²) in [6.07, 6.45) is 1.10. The molecule has 1 amide bonds. The van der Waals surface area contributed by atoms with Crippen LogP contribution in [0, 0.1) is 5.82 Å². The number of carbonyl (C=O) groups is 1. The van der Waals surface area contributed by atoms with Crippen molar-refractivity contribution in [1.82, 2.24) is 5.43 Å². The predicted octanol–water partition coefficient (Wildman–Crippen LogP) is 3.71. The molecule has 7 heteroatoms. The van der Waals surface area contributed by atoms with Gasteiger partial charge in [-0.05, 0) is 30.3 Å². The van der Waals surface area contributed by atoms with Gasteiger partial charge in [-0.2, -0.15) is 5.10 Å². The molecule has 21 heavy (non-hydrogen) atoms. The van der Waals surface area contributed by atoms with E-state index in [0.717, 1.165) is 6.21 Å². The molecule has 0 radical (unpaired) electrons. The van der Waals surface area contributed by atoms with Crippen LogP contribution in [0.5, 0.6) is 5.75 Å². The van der Waals surface area contributed by atoms with Crippen LogP contribution in [-0.2, 0) is 0 Å². The number of nitrogens with one attached hydrogen (secondary N) is 1. The van der Waals surface area contributed by atoms with Gasteiger partial charge in [-0.1, -0.05) is 33.6 Å². The number of hydrogen-bond donors (Lipinski definition) is 2. The lowest BCUT2D eigenvalue weighted by Crippen LogP contribution is -2.17. The van der Waals surface area contributed by atoms with E-state index in [1.54, 1.807) is 6.07 Å². The molecule has 108 valence electrons. The lowest BCUT2D eigenvalue weighted by Gasteiger charge is -2.04. The third-order valence-electron chi connectivity index (χ3n) is 2.56. The number of nitrogens with zero attached hydrogens (tertiary/aromatic N) is 1. The fraction of sp³-hybridized carbons (Fsp3) is 0. The van der Waals surface area contributed by atoms with Crippen LogP contribution in [0.25, 0.3) is 0 Å². The van der Waals surface area contributed by atoms with Gasteiger partial charge >= 0.3 is 0 Å². The summed E-state index contributed by atoms with van der Waals surface area (Å²) >= 11 is 9.01. The van der Waals surface area contributed by atoms with E-state index in [2.05, 4.69) is 26.5 Å². The van der Waals surface area contributed by atoms with E-state index in [9.17, 15) is 14.3 Å². The molecule has 2 N–H and O–H groups in total. The minimum absolute atomic E-state index is 0.0427. The minimum Gasteiger partial charge on any atom is -0.507 e. The monoisotopic (exact) mass is 370 g/mol. The zero-order chi connectivity index (χ0) is 15.4. The number of hydrogen-bond acceptors (Lipinski definition) is 3. The summed E-state index contributed by atoms with van der Waals surface area (Å²) in [5, 5.41) is 13.4. The van der Waals surface area contributed by atoms with Gasteiger partial charge in [0, 0.05) is 10.0 Å². The van der Waals surface area contributed by atoms with Crippen LogP contribution in [0.4, 0.5) is 4.39 Å². The van der Waals surface area contributed by atoms with Crippen molar-refractivity contribution in [1.29, 1.82) is 0 Å². The fourth-order valence-electron chi connectivity index (χ4n) is 1.54. The Morgan fingerprint density at radius 1 is 1.38 bits per heavy atom. The van der Waals surface area contributed by atoms with Crippen molar-refractivity contribution in [2.75, 3.05) is 0 Å². The number of halogens is 3. The highest BCUT2D eigenvalue weighted by Gasteiger charge is 2.11. The van der Waals surface area contributed by atoms with E-state index in [1.807, 2.05) is 0 Å². The largest absolute Gasteiger partial charge is 0.507 e. The normalized spacial score (nSPS) is 10.8. The van der Waals surface area contributed by atoms with Gasteiger partial charge in [0.2, 0.25) is 0 Å². The van der Waals surface area contributed by atoms with E-state index >= 15 is 0 Å². The van der Waals surface area contributed by atoms with Crippen LogP contribution < -0.4 is 5.43 Å². The summed E-state index contributed by atoms with van der Waals surface area (Å²) in [5.41, 5.74) is 2.30. The molecule has 2 aromatic carbocycles. The van der Waals surface area contributed by atoms with E-state index < -0.39 is 11.7 Å². The number of amides is 1. The third-order valence-corrected chi connectivity index (χ3v) is 3.39. The van der Waals surface area contributed by atoms with Crippen LogP contribution in [-0.4, -0.2) is 17.2 Å². The summed E-state index contributed by atoms with van der Waals surface area (Å²) in [5.74, 6) is -1.36. The molecule has 0 unspecified atom stereocenters. The first kappa shape index (κ1) is 15.5. The number of carbonyl (C=O) groups excluding carboxylic acids is 1. The fourth-order valence-corrected chi connectivity index (χ4v) is 2.11. The summed E-state index contributed by atoms with van der Waals surface area (Å²) in [6, 6.07) is 8.61. The quantitative estimate of drug-likeness (QED) is 0.638. The molecule has 0 aliphatic carbocycles. The second-order valence-electron chi connectivity index (χ2n) is 4.00. The zero-order valence-corrected chi connectivity index (χ0v) is 12.8. The van der Waals surface area contributed by atoms with Gasteiger partial charge in [0.05, 0.1) is 16.8 Å². The second kappa shape index (κ2) is 6.69. The molecular weight excluding hydrogens is 363 g/mol. The Morgan fingerprint density at radius 2 is 2.14 bits per heavy atom. The molecule has 0 spiro atoms. The molecule has 0 aliphatic heterocycles. The number of phenolic OH excluding ortho intramolecular Hbond substituents is 1. The third kappa shape index (κ3) is 3.80. The number of hydrazone groups is 1. The van der Waals surface area contributed by atoms with E-state index in [0.29, 0.717) is 4.47 Å². The Morgan fingerprint density at radius 3 is 2.86 bits per heavy atom. The Kier molecular flexibility index (Phi) is 4.93. The molecule has 0 aromatic heterocycles. The van der Waals surface area contributed by atoms with Crippen molar-refractivity contribution in [2.45, 2.75) is 0 Å². The molecule has 0 aliphatic rings. The summed E-state index contributed by atoms with van der Waals surface area (Å²) < 4.78 is 14.1. The molecule has 0 heterocycles. The van der Waals surface area contributed by atoms with Crippen molar-refractivity contribution in [3.8, 4) is 5.75 Å². The molecule has 0 saturated heterocycles. The van der Waals surface area contributed by atoms with Gasteiger partial charge in [0.25, 0.3) is 5.91 Å². The molecule has 2 rings (SSSR count). The Hall–Kier alpha value is -1.92. The Bertz CT molecular complexity index is 702. The van der Waals surface area contributed by atoms with E-state index in [4.69, 9.17) is 11.6 Å². The van der Waals surface area contributed by atoms with Gasteiger partial charge in [0.15, 0.2) is 0 Å². The number of benzene rings is 2. The molecular formula is C14H9BrClFN2O2. The first-order valence-electron chi connectivity index (χ1n) is 5.75. The summed E-state index contributed by atoms with van der Waals surface area (Å²) in [4.78, 5) is 11.8. The SMILES string of the molecule is O=C(N/N=C\c1c(F)cccc1Cl)c1cc(Br)ccc1O. The van der Waals surface area contributed by atoms with Gasteiger partial charge in [-0.15, -0.1) is 0 Å². The molecule has 0 bridgehead atoms. The smallest absolute Gasteiger partial charge is 0.275 e. The maximum atomic E-state index is 13.5. The van der Waals surface area contributed by atoms with Crippen LogP contribution in [0.2, 0.25) is 5.02 Å². The number of aromatic hydroxyl groups is 1. The highest BCUT2D eigenvalue weighted by molar-refractivity contribution is 9.10. The highest BCUT2D eigenvalue weighted by Crippen LogP contribution is 2.21. The lowest BCUT2D eigenvalue weighted by atomic mass is 10.2. The van der Waals surface area contributed by atoms with Crippen molar-refractivity contribution in [3.63, 3.8) is 0 Å². The van der Waals surface area contributed by atoms with Gasteiger partial charge in [-0.3, -0.25) is 4.79 Å². The van der Waals surface area contributed by atoms with Crippen molar-refractivity contribution in [2.24, 2.45) is 5.10 Å². The number of phenols is 1. The highest BCUT2D eigenvalue weighted by atomic mass is 79.9. The van der Waals surface area contributed by atoms with Crippen LogP contribution >= 0.6 is 27.5 Å². The standard InChI is InChI=1S/C14H9BrClFN2O2/c15-8-4-5-13(20)9(6-8)14(21)19-18-7-10-11(16)2-1-3-12(10)17/h1-7,20H,(H,19,21)/b18-7-. The summed E-state index contributed by atoms with van der Waals surface area (Å²) in [6.45, 7) is 0. The van der Waals surface area contributed by atoms with Gasteiger partial charge in [0.1, 0.15) is 11.6 Å². The van der Waals surface area contributed by atoms with Gasteiger partial charge < -0.3 is 5.11 Å². The second-order valence-corrected chi connectivity index (χ2v) is 5.32. The zero-order valence-electron chi connectivity index (χ0n) is 10.5. The topological polar surface area (TPSA) is 61.7 Å². The first-order valence-corrected chi connectivity index (χ1v) is 6.92.